The molecule has 17 heavy (non-hydrogen) atoms. The van der Waals surface area contributed by atoms with E-state index in [1.54, 1.807) is 6.07 Å². The molecule has 1 aromatic carbocycles. The van der Waals surface area contributed by atoms with Gasteiger partial charge in [0.15, 0.2) is 0 Å². The monoisotopic (exact) mass is 270 g/mol. The normalized spacial score (nSPS) is 12.6. The van der Waals surface area contributed by atoms with Gasteiger partial charge < -0.3 is 0 Å². The Balaban J connectivity index is 2.15. The molecule has 0 saturated carbocycles. The van der Waals surface area contributed by atoms with Crippen molar-refractivity contribution in [2.45, 2.75) is 12.5 Å². The van der Waals surface area contributed by atoms with E-state index in [1.165, 1.54) is 23.5 Å². The van der Waals surface area contributed by atoms with Gasteiger partial charge in [0.05, 0.1) is 10.4 Å². The van der Waals surface area contributed by atoms with Crippen LogP contribution in [0.15, 0.2) is 36.4 Å². The van der Waals surface area contributed by atoms with Gasteiger partial charge in [0.1, 0.15) is 5.82 Å². The van der Waals surface area contributed by atoms with Crippen molar-refractivity contribution in [2.75, 3.05) is 0 Å². The summed E-state index contributed by atoms with van der Waals surface area (Å²) in [4.78, 5) is 1.04. The first-order valence-electron chi connectivity index (χ1n) is 5.15. The summed E-state index contributed by atoms with van der Waals surface area (Å²) < 4.78 is 13.8. The van der Waals surface area contributed by atoms with E-state index in [2.05, 4.69) is 5.43 Å². The maximum Gasteiger partial charge on any atom is 0.123 e. The van der Waals surface area contributed by atoms with Gasteiger partial charge >= 0.3 is 0 Å². The number of rotatable bonds is 4. The van der Waals surface area contributed by atoms with Gasteiger partial charge in [0.2, 0.25) is 0 Å². The van der Waals surface area contributed by atoms with Crippen molar-refractivity contribution in [3.05, 3.63) is 57.0 Å². The van der Waals surface area contributed by atoms with Gasteiger partial charge in [-0.05, 0) is 36.2 Å². The molecule has 0 fully saturated rings. The van der Waals surface area contributed by atoms with Crippen molar-refractivity contribution in [3.63, 3.8) is 0 Å². The third-order valence-electron chi connectivity index (χ3n) is 2.47. The van der Waals surface area contributed by atoms with Crippen LogP contribution in [0, 0.1) is 5.82 Å². The van der Waals surface area contributed by atoms with E-state index in [0.717, 1.165) is 14.8 Å². The third-order valence-corrected chi connectivity index (χ3v) is 3.81. The Bertz CT molecular complexity index is 501. The van der Waals surface area contributed by atoms with E-state index >= 15 is 0 Å². The predicted octanol–water partition coefficient (Wildman–Crippen LogP) is 3.29. The van der Waals surface area contributed by atoms with Gasteiger partial charge in [-0.2, -0.15) is 0 Å². The molecule has 1 atom stereocenters. The minimum Gasteiger partial charge on any atom is -0.271 e. The minimum absolute atomic E-state index is 0.0469. The summed E-state index contributed by atoms with van der Waals surface area (Å²) >= 11 is 7.35. The van der Waals surface area contributed by atoms with Crippen molar-refractivity contribution < 1.29 is 4.39 Å². The van der Waals surface area contributed by atoms with Gasteiger partial charge in [-0.25, -0.2) is 4.39 Å². The molecule has 0 aliphatic carbocycles. The van der Waals surface area contributed by atoms with E-state index in [-0.39, 0.29) is 11.9 Å². The molecule has 0 aliphatic heterocycles. The number of benzene rings is 1. The molecular formula is C12H12ClFN2S. The Kier molecular flexibility index (Phi) is 4.12. The van der Waals surface area contributed by atoms with Crippen LogP contribution in [0.4, 0.5) is 4.39 Å². The second kappa shape index (κ2) is 5.60. The zero-order valence-corrected chi connectivity index (χ0v) is 10.6. The zero-order chi connectivity index (χ0) is 12.3. The first-order valence-corrected chi connectivity index (χ1v) is 6.34. The largest absolute Gasteiger partial charge is 0.271 e. The second-order valence-corrected chi connectivity index (χ2v) is 5.44. The third kappa shape index (κ3) is 3.26. The van der Waals surface area contributed by atoms with Crippen molar-refractivity contribution >= 4 is 22.9 Å². The molecule has 2 nitrogen and oxygen atoms in total. The zero-order valence-electron chi connectivity index (χ0n) is 8.99. The highest BCUT2D eigenvalue weighted by atomic mass is 35.5. The lowest BCUT2D eigenvalue weighted by molar-refractivity contribution is 0.557. The van der Waals surface area contributed by atoms with E-state index in [9.17, 15) is 4.39 Å². The van der Waals surface area contributed by atoms with Crippen LogP contribution in [-0.2, 0) is 6.42 Å². The van der Waals surface area contributed by atoms with Crippen LogP contribution in [0.1, 0.15) is 16.5 Å². The molecule has 0 radical (unpaired) electrons. The summed E-state index contributed by atoms with van der Waals surface area (Å²) in [7, 11) is 0. The summed E-state index contributed by atoms with van der Waals surface area (Å²) in [5.41, 5.74) is 3.63. The topological polar surface area (TPSA) is 38.0 Å². The lowest BCUT2D eigenvalue weighted by Gasteiger charge is -2.14. The summed E-state index contributed by atoms with van der Waals surface area (Å²) in [5, 5.41) is 0. The summed E-state index contributed by atoms with van der Waals surface area (Å²) in [6, 6.07) is 10.2. The first kappa shape index (κ1) is 12.5. The molecule has 3 N–H and O–H groups in total. The van der Waals surface area contributed by atoms with Crippen LogP contribution >= 0.6 is 22.9 Å². The highest BCUT2D eigenvalue weighted by molar-refractivity contribution is 7.16. The van der Waals surface area contributed by atoms with Gasteiger partial charge in [0.25, 0.3) is 0 Å². The maximum atomic E-state index is 13.1. The van der Waals surface area contributed by atoms with Crippen molar-refractivity contribution in [2.24, 2.45) is 5.84 Å². The average molecular weight is 271 g/mol. The maximum absolute atomic E-state index is 13.1. The van der Waals surface area contributed by atoms with E-state index in [0.29, 0.717) is 6.42 Å². The Morgan fingerprint density at radius 1 is 1.35 bits per heavy atom. The van der Waals surface area contributed by atoms with Crippen LogP contribution in [0.2, 0.25) is 4.34 Å². The van der Waals surface area contributed by atoms with Crippen LogP contribution in [0.25, 0.3) is 0 Å². The van der Waals surface area contributed by atoms with Gasteiger partial charge in [-0.1, -0.05) is 23.7 Å². The average Bonchev–Trinajstić information content (AvgIpc) is 2.73. The van der Waals surface area contributed by atoms with Gasteiger partial charge in [-0.15, -0.1) is 11.3 Å². The molecule has 90 valence electrons. The van der Waals surface area contributed by atoms with Crippen LogP contribution in [-0.4, -0.2) is 0 Å². The number of hydrogen-bond donors (Lipinski definition) is 2. The number of hydrazine groups is 1. The Morgan fingerprint density at radius 2 is 2.18 bits per heavy atom. The number of nitrogens with one attached hydrogen (secondary N) is 1. The smallest absolute Gasteiger partial charge is 0.123 e. The van der Waals surface area contributed by atoms with Crippen molar-refractivity contribution in [1.82, 2.24) is 5.43 Å². The Labute approximate surface area is 108 Å². The van der Waals surface area contributed by atoms with E-state index in [1.807, 2.05) is 18.2 Å². The fourth-order valence-corrected chi connectivity index (χ4v) is 2.78. The van der Waals surface area contributed by atoms with Crippen LogP contribution in [0.3, 0.4) is 0 Å². The lowest BCUT2D eigenvalue weighted by Crippen LogP contribution is -2.28. The van der Waals surface area contributed by atoms with Crippen molar-refractivity contribution in [3.8, 4) is 0 Å². The summed E-state index contributed by atoms with van der Waals surface area (Å²) in [6.45, 7) is 0. The molecule has 0 amide bonds. The number of thiophene rings is 1. The van der Waals surface area contributed by atoms with E-state index in [4.69, 9.17) is 17.4 Å². The second-order valence-electron chi connectivity index (χ2n) is 3.70. The van der Waals surface area contributed by atoms with Crippen LogP contribution in [0.5, 0.6) is 0 Å². The Hall–Kier alpha value is -0.940. The molecule has 2 rings (SSSR count). The fourth-order valence-electron chi connectivity index (χ4n) is 1.66. The molecule has 1 heterocycles. The molecule has 0 bridgehead atoms. The highest BCUT2D eigenvalue weighted by Gasteiger charge is 2.13. The summed E-state index contributed by atoms with van der Waals surface area (Å²) in [5.74, 6) is 5.29. The standard InChI is InChI=1S/C12H12ClFN2S/c13-12-5-4-11(17-12)10(16-15)7-8-2-1-3-9(14)6-8/h1-6,10,16H,7,15H2. The number of halogens is 2. The molecule has 0 saturated heterocycles. The molecule has 5 heteroatoms. The highest BCUT2D eigenvalue weighted by Crippen LogP contribution is 2.28. The van der Waals surface area contributed by atoms with E-state index < -0.39 is 0 Å². The van der Waals surface area contributed by atoms with Crippen LogP contribution < -0.4 is 11.3 Å². The summed E-state index contributed by atoms with van der Waals surface area (Å²) in [6.07, 6.45) is 0.630. The first-order chi connectivity index (χ1) is 8.19. The molecule has 1 unspecified atom stereocenters. The van der Waals surface area contributed by atoms with Gasteiger partial charge in [-0.3, -0.25) is 11.3 Å². The predicted molar refractivity (Wildman–Crippen MR) is 69.5 cm³/mol. The lowest BCUT2D eigenvalue weighted by atomic mass is 10.1. The van der Waals surface area contributed by atoms with Crippen molar-refractivity contribution in [1.29, 1.82) is 0 Å². The number of hydrogen-bond acceptors (Lipinski definition) is 3. The molecule has 1 aromatic heterocycles. The molecule has 2 aromatic rings. The quantitative estimate of drug-likeness (QED) is 0.661. The molecular weight excluding hydrogens is 259 g/mol. The fraction of sp³-hybridized carbons (Fsp3) is 0.167. The SMILES string of the molecule is NNC(Cc1cccc(F)c1)c1ccc(Cl)s1. The molecule has 0 spiro atoms. The molecule has 0 aliphatic rings. The minimum atomic E-state index is -0.234. The van der Waals surface area contributed by atoms with Gasteiger partial charge in [0, 0.05) is 4.88 Å². The Morgan fingerprint density at radius 3 is 2.76 bits per heavy atom. The number of nitrogens with two attached hydrogens (primary N) is 1.